The van der Waals surface area contributed by atoms with Gasteiger partial charge in [0.2, 0.25) is 0 Å². The minimum absolute atomic E-state index is 0.0256. The fourth-order valence-electron chi connectivity index (χ4n) is 4.04. The number of rotatable bonds is 5. The van der Waals surface area contributed by atoms with Crippen LogP contribution in [0.25, 0.3) is 5.13 Å². The minimum Gasteiger partial charge on any atom is -0.352 e. The number of hydrogen-bond donors (Lipinski definition) is 1. The summed E-state index contributed by atoms with van der Waals surface area (Å²) in [7, 11) is 0. The summed E-state index contributed by atoms with van der Waals surface area (Å²) >= 11 is 7.40. The number of aryl methyl sites for hydroxylation is 1. The summed E-state index contributed by atoms with van der Waals surface area (Å²) in [5.41, 5.74) is 4.68. The number of pyridine rings is 1. The number of nitrogens with one attached hydrogen (secondary N) is 1. The van der Waals surface area contributed by atoms with E-state index in [1.54, 1.807) is 11.3 Å². The van der Waals surface area contributed by atoms with Crippen molar-refractivity contribution in [2.75, 3.05) is 6.54 Å². The van der Waals surface area contributed by atoms with E-state index in [1.165, 1.54) is 17.0 Å². The van der Waals surface area contributed by atoms with Gasteiger partial charge >= 0.3 is 0 Å². The second-order valence-corrected chi connectivity index (χ2v) is 8.91. The van der Waals surface area contributed by atoms with Crippen LogP contribution in [0.1, 0.15) is 48.6 Å². The molecule has 0 unspecified atom stereocenters. The van der Waals surface area contributed by atoms with Crippen molar-refractivity contribution in [3.05, 3.63) is 64.7 Å². The fraction of sp³-hybridized carbons (Fsp3) is 0.381. The maximum Gasteiger partial charge on any atom is 0.193 e. The topological polar surface area (TPSA) is 46.0 Å². The normalized spacial score (nSPS) is 19.5. The molecule has 0 aliphatic carbocycles. The molecule has 3 aromatic heterocycles. The molecule has 0 aromatic carbocycles. The van der Waals surface area contributed by atoms with E-state index in [4.69, 9.17) is 12.2 Å². The van der Waals surface area contributed by atoms with E-state index in [0.717, 1.165) is 22.5 Å². The van der Waals surface area contributed by atoms with Gasteiger partial charge in [0.25, 0.3) is 0 Å². The van der Waals surface area contributed by atoms with Crippen molar-refractivity contribution in [2.24, 2.45) is 5.92 Å². The van der Waals surface area contributed by atoms with Gasteiger partial charge in [-0.15, -0.1) is 11.3 Å². The van der Waals surface area contributed by atoms with Crippen molar-refractivity contribution in [3.63, 3.8) is 0 Å². The van der Waals surface area contributed by atoms with Crippen LogP contribution in [0.3, 0.4) is 0 Å². The summed E-state index contributed by atoms with van der Waals surface area (Å²) in [6.07, 6.45) is 3.70. The quantitative estimate of drug-likeness (QED) is 0.623. The van der Waals surface area contributed by atoms with Crippen molar-refractivity contribution >= 4 is 28.7 Å². The number of aromatic nitrogens is 3. The summed E-state index contributed by atoms with van der Waals surface area (Å²) < 4.78 is 2.24. The first kappa shape index (κ1) is 19.1. The third-order valence-electron chi connectivity index (χ3n) is 5.16. The maximum absolute atomic E-state index is 5.75. The summed E-state index contributed by atoms with van der Waals surface area (Å²) in [4.78, 5) is 11.5. The third kappa shape index (κ3) is 3.33. The predicted octanol–water partition coefficient (Wildman–Crippen LogP) is 4.57. The number of thiocarbonyl (C=S) groups is 1. The Balaban J connectivity index is 1.83. The van der Waals surface area contributed by atoms with Crippen LogP contribution in [0.2, 0.25) is 0 Å². The van der Waals surface area contributed by atoms with Gasteiger partial charge in [0.1, 0.15) is 0 Å². The molecule has 1 aliphatic rings. The predicted molar refractivity (Wildman–Crippen MR) is 118 cm³/mol. The zero-order chi connectivity index (χ0) is 19.8. The van der Waals surface area contributed by atoms with Crippen molar-refractivity contribution in [3.8, 4) is 5.13 Å². The highest BCUT2D eigenvalue weighted by atomic mass is 32.1. The Morgan fingerprint density at radius 3 is 2.68 bits per heavy atom. The Bertz CT molecular complexity index is 962. The molecule has 1 saturated heterocycles. The van der Waals surface area contributed by atoms with Gasteiger partial charge in [0, 0.05) is 35.7 Å². The molecule has 28 heavy (non-hydrogen) atoms. The van der Waals surface area contributed by atoms with Crippen LogP contribution in [0.4, 0.5) is 0 Å². The van der Waals surface area contributed by atoms with E-state index in [1.807, 2.05) is 29.9 Å². The molecule has 0 amide bonds. The molecule has 4 rings (SSSR count). The third-order valence-corrected chi connectivity index (χ3v) is 6.27. The highest BCUT2D eigenvalue weighted by molar-refractivity contribution is 7.80. The minimum atomic E-state index is 0.0256. The fourth-order valence-corrected chi connectivity index (χ4v) is 5.11. The maximum atomic E-state index is 5.75. The molecule has 5 nitrogen and oxygen atoms in total. The Hall–Kier alpha value is -2.25. The molecule has 2 atom stereocenters. The lowest BCUT2D eigenvalue weighted by molar-refractivity contribution is 0.287. The molecule has 1 N–H and O–H groups in total. The largest absolute Gasteiger partial charge is 0.352 e. The number of thiazole rings is 1. The zero-order valence-corrected chi connectivity index (χ0v) is 18.2. The van der Waals surface area contributed by atoms with Crippen molar-refractivity contribution < 1.29 is 0 Å². The van der Waals surface area contributed by atoms with Gasteiger partial charge in [-0.1, -0.05) is 19.9 Å². The molecule has 1 fully saturated rings. The van der Waals surface area contributed by atoms with E-state index in [-0.39, 0.29) is 12.1 Å². The molecular weight excluding hydrogens is 386 g/mol. The SMILES string of the molecule is Cc1cc([C@@H]2[C@@H](c3ccccn3)NC(=S)N2CC(C)C)c(C)n1-c1nccs1. The van der Waals surface area contributed by atoms with Crippen LogP contribution in [0, 0.1) is 19.8 Å². The molecule has 0 spiro atoms. The summed E-state index contributed by atoms with van der Waals surface area (Å²) in [5, 5.41) is 7.35. The highest BCUT2D eigenvalue weighted by Crippen LogP contribution is 2.41. The Morgan fingerprint density at radius 1 is 1.21 bits per heavy atom. The Labute approximate surface area is 175 Å². The van der Waals surface area contributed by atoms with Crippen LogP contribution >= 0.6 is 23.6 Å². The standard InChI is InChI=1S/C21H25N5S2/c1-13(2)12-25-19(18(24-20(25)27)17-7-5-6-8-22-17)16-11-14(3)26(15(16)4)21-23-9-10-28-21/h5-11,13,18-19H,12H2,1-4H3,(H,24,27)/t18-,19-/m1/s1. The summed E-state index contributed by atoms with van der Waals surface area (Å²) in [6.45, 7) is 9.68. The molecule has 4 heterocycles. The van der Waals surface area contributed by atoms with Gasteiger partial charge < -0.3 is 10.2 Å². The van der Waals surface area contributed by atoms with Gasteiger partial charge in [-0.2, -0.15) is 0 Å². The Morgan fingerprint density at radius 2 is 2.04 bits per heavy atom. The van der Waals surface area contributed by atoms with E-state index < -0.39 is 0 Å². The van der Waals surface area contributed by atoms with Crippen molar-refractivity contribution in [2.45, 2.75) is 39.8 Å². The zero-order valence-electron chi connectivity index (χ0n) is 16.6. The van der Waals surface area contributed by atoms with Crippen molar-refractivity contribution in [1.82, 2.24) is 24.8 Å². The second kappa shape index (κ2) is 7.64. The lowest BCUT2D eigenvalue weighted by Gasteiger charge is -2.29. The van der Waals surface area contributed by atoms with Crippen LogP contribution in [0.15, 0.2) is 42.0 Å². The molecular formula is C21H25N5S2. The van der Waals surface area contributed by atoms with Gasteiger partial charge in [0.15, 0.2) is 10.2 Å². The first-order valence-corrected chi connectivity index (χ1v) is 10.8. The lowest BCUT2D eigenvalue weighted by Crippen LogP contribution is -2.33. The van der Waals surface area contributed by atoms with Crippen LogP contribution in [-0.4, -0.2) is 31.1 Å². The van der Waals surface area contributed by atoms with E-state index in [0.29, 0.717) is 5.92 Å². The first-order chi connectivity index (χ1) is 13.5. The van der Waals surface area contributed by atoms with E-state index >= 15 is 0 Å². The summed E-state index contributed by atoms with van der Waals surface area (Å²) in [6, 6.07) is 8.47. The molecule has 0 bridgehead atoms. The van der Waals surface area contributed by atoms with Crippen LogP contribution in [0.5, 0.6) is 0 Å². The van der Waals surface area contributed by atoms with Crippen LogP contribution in [-0.2, 0) is 0 Å². The van der Waals surface area contributed by atoms with Gasteiger partial charge in [-0.05, 0) is 55.7 Å². The number of nitrogens with zero attached hydrogens (tertiary/aromatic N) is 4. The Kier molecular flexibility index (Phi) is 5.21. The van der Waals surface area contributed by atoms with E-state index in [2.05, 4.69) is 64.6 Å². The van der Waals surface area contributed by atoms with Crippen LogP contribution < -0.4 is 5.32 Å². The average Bonchev–Trinajstić information content (AvgIpc) is 3.35. The molecule has 0 saturated carbocycles. The molecule has 146 valence electrons. The van der Waals surface area contributed by atoms with E-state index in [9.17, 15) is 0 Å². The van der Waals surface area contributed by atoms with Gasteiger partial charge in [-0.3, -0.25) is 9.55 Å². The number of hydrogen-bond acceptors (Lipinski definition) is 4. The summed E-state index contributed by atoms with van der Waals surface area (Å²) in [5.74, 6) is 0.507. The van der Waals surface area contributed by atoms with Gasteiger partial charge in [0.05, 0.1) is 17.8 Å². The molecule has 0 radical (unpaired) electrons. The van der Waals surface area contributed by atoms with Gasteiger partial charge in [-0.25, -0.2) is 4.98 Å². The lowest BCUT2D eigenvalue weighted by atomic mass is 9.96. The molecule has 1 aliphatic heterocycles. The first-order valence-electron chi connectivity index (χ1n) is 9.54. The molecule has 7 heteroatoms. The smallest absolute Gasteiger partial charge is 0.193 e. The average molecular weight is 412 g/mol. The monoisotopic (exact) mass is 411 g/mol. The molecule has 3 aromatic rings. The second-order valence-electron chi connectivity index (χ2n) is 7.65. The van der Waals surface area contributed by atoms with Crippen molar-refractivity contribution in [1.29, 1.82) is 0 Å². The highest BCUT2D eigenvalue weighted by Gasteiger charge is 2.41.